The van der Waals surface area contributed by atoms with Crippen molar-refractivity contribution >= 4 is 5.97 Å². The summed E-state index contributed by atoms with van der Waals surface area (Å²) in [4.78, 5) is 15.1. The summed E-state index contributed by atoms with van der Waals surface area (Å²) in [7, 11) is 0. The van der Waals surface area contributed by atoms with Crippen LogP contribution in [0.25, 0.3) is 0 Å². The Morgan fingerprint density at radius 3 is 2.88 bits per heavy atom. The molecule has 1 aromatic rings. The van der Waals surface area contributed by atoms with Crippen LogP contribution in [-0.4, -0.2) is 22.7 Å². The SMILES string of the molecule is Cc1ccnc(OCC2CCCC2)c1C(=O)O. The van der Waals surface area contributed by atoms with Gasteiger partial charge in [-0.3, -0.25) is 0 Å². The largest absolute Gasteiger partial charge is 0.477 e. The number of hydrogen-bond donors (Lipinski definition) is 1. The van der Waals surface area contributed by atoms with Gasteiger partial charge in [0.05, 0.1) is 6.61 Å². The Morgan fingerprint density at radius 2 is 2.24 bits per heavy atom. The smallest absolute Gasteiger partial charge is 0.341 e. The molecule has 0 spiro atoms. The number of carbonyl (C=O) groups is 1. The lowest BCUT2D eigenvalue weighted by atomic mass is 10.1. The van der Waals surface area contributed by atoms with E-state index in [0.717, 1.165) is 0 Å². The Hall–Kier alpha value is -1.58. The van der Waals surface area contributed by atoms with Crippen molar-refractivity contribution in [2.75, 3.05) is 6.61 Å². The minimum atomic E-state index is -0.975. The van der Waals surface area contributed by atoms with Gasteiger partial charge in [0.1, 0.15) is 5.56 Å². The van der Waals surface area contributed by atoms with Crippen LogP contribution >= 0.6 is 0 Å². The molecule has 0 aromatic carbocycles. The molecule has 1 fully saturated rings. The lowest BCUT2D eigenvalue weighted by Gasteiger charge is -2.13. The van der Waals surface area contributed by atoms with Gasteiger partial charge < -0.3 is 9.84 Å². The number of carboxylic acids is 1. The second-order valence-corrected chi connectivity index (χ2v) is 4.57. The maximum Gasteiger partial charge on any atom is 0.341 e. The van der Waals surface area contributed by atoms with Crippen LogP contribution in [0.1, 0.15) is 41.6 Å². The summed E-state index contributed by atoms with van der Waals surface area (Å²) < 4.78 is 5.57. The zero-order chi connectivity index (χ0) is 12.3. The van der Waals surface area contributed by atoms with E-state index in [9.17, 15) is 4.79 Å². The lowest BCUT2D eigenvalue weighted by molar-refractivity contribution is 0.0689. The van der Waals surface area contributed by atoms with Gasteiger partial charge in [0.15, 0.2) is 0 Å². The number of aromatic carboxylic acids is 1. The van der Waals surface area contributed by atoms with Gasteiger partial charge >= 0.3 is 5.97 Å². The summed E-state index contributed by atoms with van der Waals surface area (Å²) in [6, 6.07) is 1.69. The Bertz CT molecular complexity index is 411. The summed E-state index contributed by atoms with van der Waals surface area (Å²) in [5.74, 6) is -0.166. The van der Waals surface area contributed by atoms with Crippen LogP contribution in [0.5, 0.6) is 5.88 Å². The second kappa shape index (κ2) is 5.17. The third kappa shape index (κ3) is 2.75. The molecule has 0 radical (unpaired) electrons. The molecule has 0 aliphatic heterocycles. The van der Waals surface area contributed by atoms with Crippen LogP contribution in [0.4, 0.5) is 0 Å². The second-order valence-electron chi connectivity index (χ2n) is 4.57. The molecule has 0 atom stereocenters. The fourth-order valence-electron chi connectivity index (χ4n) is 2.28. The Kier molecular flexibility index (Phi) is 3.61. The molecule has 4 heteroatoms. The maximum absolute atomic E-state index is 11.1. The molecule has 2 rings (SSSR count). The van der Waals surface area contributed by atoms with E-state index in [1.807, 2.05) is 0 Å². The van der Waals surface area contributed by atoms with Crippen molar-refractivity contribution in [1.82, 2.24) is 4.98 Å². The van der Waals surface area contributed by atoms with Gasteiger partial charge in [-0.1, -0.05) is 12.8 Å². The Morgan fingerprint density at radius 1 is 1.53 bits per heavy atom. The van der Waals surface area contributed by atoms with Crippen molar-refractivity contribution in [2.45, 2.75) is 32.6 Å². The van der Waals surface area contributed by atoms with Crippen molar-refractivity contribution in [3.8, 4) is 5.88 Å². The highest BCUT2D eigenvalue weighted by molar-refractivity contribution is 5.91. The molecule has 0 bridgehead atoms. The molecular weight excluding hydrogens is 218 g/mol. The van der Waals surface area contributed by atoms with Crippen molar-refractivity contribution in [2.24, 2.45) is 5.92 Å². The van der Waals surface area contributed by atoms with Crippen molar-refractivity contribution in [1.29, 1.82) is 0 Å². The summed E-state index contributed by atoms with van der Waals surface area (Å²) in [5, 5.41) is 9.12. The Labute approximate surface area is 101 Å². The average molecular weight is 235 g/mol. The van der Waals surface area contributed by atoms with Gasteiger partial charge in [-0.25, -0.2) is 9.78 Å². The highest BCUT2D eigenvalue weighted by atomic mass is 16.5. The number of ether oxygens (including phenoxy) is 1. The van der Waals surface area contributed by atoms with Crippen LogP contribution in [0.2, 0.25) is 0 Å². The van der Waals surface area contributed by atoms with Crippen LogP contribution in [0, 0.1) is 12.8 Å². The Balaban J connectivity index is 2.09. The third-order valence-electron chi connectivity index (χ3n) is 3.27. The van der Waals surface area contributed by atoms with Crippen LogP contribution in [-0.2, 0) is 0 Å². The van der Waals surface area contributed by atoms with Crippen LogP contribution < -0.4 is 4.74 Å². The van der Waals surface area contributed by atoms with Gasteiger partial charge in [0.25, 0.3) is 0 Å². The van der Waals surface area contributed by atoms with Gasteiger partial charge in [-0.15, -0.1) is 0 Å². The van der Waals surface area contributed by atoms with Gasteiger partial charge in [-0.2, -0.15) is 0 Å². The number of pyridine rings is 1. The van der Waals surface area contributed by atoms with Crippen molar-refractivity contribution in [3.05, 3.63) is 23.4 Å². The molecule has 92 valence electrons. The lowest BCUT2D eigenvalue weighted by Crippen LogP contribution is -2.12. The van der Waals surface area contributed by atoms with Crippen LogP contribution in [0.15, 0.2) is 12.3 Å². The number of hydrogen-bond acceptors (Lipinski definition) is 3. The molecule has 1 aromatic heterocycles. The quantitative estimate of drug-likeness (QED) is 0.871. The van der Waals surface area contributed by atoms with E-state index in [0.29, 0.717) is 18.1 Å². The predicted molar refractivity (Wildman–Crippen MR) is 63.4 cm³/mol. The number of rotatable bonds is 4. The molecule has 0 unspecified atom stereocenters. The minimum absolute atomic E-state index is 0.186. The zero-order valence-electron chi connectivity index (χ0n) is 9.98. The molecule has 1 saturated carbocycles. The molecule has 17 heavy (non-hydrogen) atoms. The number of nitrogens with zero attached hydrogens (tertiary/aromatic N) is 1. The van der Waals surface area contributed by atoms with E-state index < -0.39 is 5.97 Å². The fourth-order valence-corrected chi connectivity index (χ4v) is 2.28. The summed E-state index contributed by atoms with van der Waals surface area (Å²) in [6.45, 7) is 2.34. The van der Waals surface area contributed by atoms with E-state index in [4.69, 9.17) is 9.84 Å². The van der Waals surface area contributed by atoms with E-state index in [2.05, 4.69) is 4.98 Å². The third-order valence-corrected chi connectivity index (χ3v) is 3.27. The van der Waals surface area contributed by atoms with Gasteiger partial charge in [0.2, 0.25) is 5.88 Å². The number of carboxylic acid groups (broad SMARTS) is 1. The maximum atomic E-state index is 11.1. The summed E-state index contributed by atoms with van der Waals surface area (Å²) >= 11 is 0. The molecule has 4 nitrogen and oxygen atoms in total. The first-order valence-electron chi connectivity index (χ1n) is 6.00. The molecule has 1 aliphatic carbocycles. The number of aryl methyl sites for hydroxylation is 1. The van der Waals surface area contributed by atoms with E-state index in [1.54, 1.807) is 19.2 Å². The van der Waals surface area contributed by atoms with Crippen molar-refractivity contribution < 1.29 is 14.6 Å². The molecule has 1 heterocycles. The number of aromatic nitrogens is 1. The molecular formula is C13H17NO3. The summed E-state index contributed by atoms with van der Waals surface area (Å²) in [6.07, 6.45) is 6.44. The van der Waals surface area contributed by atoms with Gasteiger partial charge in [0, 0.05) is 6.20 Å². The van der Waals surface area contributed by atoms with E-state index in [1.165, 1.54) is 25.7 Å². The monoisotopic (exact) mass is 235 g/mol. The van der Waals surface area contributed by atoms with E-state index >= 15 is 0 Å². The summed E-state index contributed by atoms with van der Waals surface area (Å²) in [5.41, 5.74) is 0.874. The van der Waals surface area contributed by atoms with Crippen LogP contribution in [0.3, 0.4) is 0 Å². The molecule has 1 N–H and O–H groups in total. The molecule has 1 aliphatic rings. The first kappa shape index (κ1) is 11.9. The minimum Gasteiger partial charge on any atom is -0.477 e. The highest BCUT2D eigenvalue weighted by Crippen LogP contribution is 2.26. The highest BCUT2D eigenvalue weighted by Gasteiger charge is 2.19. The van der Waals surface area contributed by atoms with Gasteiger partial charge in [-0.05, 0) is 37.3 Å². The molecule has 0 amide bonds. The normalized spacial score (nSPS) is 16.1. The zero-order valence-corrected chi connectivity index (χ0v) is 9.98. The van der Waals surface area contributed by atoms with Crippen molar-refractivity contribution in [3.63, 3.8) is 0 Å². The average Bonchev–Trinajstić information content (AvgIpc) is 2.78. The standard InChI is InChI=1S/C13H17NO3/c1-9-6-7-14-12(11(9)13(15)16)17-8-10-4-2-3-5-10/h6-7,10H,2-5,8H2,1H3,(H,15,16). The fraction of sp³-hybridized carbons (Fsp3) is 0.538. The predicted octanol–water partition coefficient (Wildman–Crippen LogP) is 2.66. The van der Waals surface area contributed by atoms with E-state index in [-0.39, 0.29) is 11.4 Å². The first-order chi connectivity index (χ1) is 8.18. The topological polar surface area (TPSA) is 59.4 Å². The first-order valence-corrected chi connectivity index (χ1v) is 6.00. The molecule has 0 saturated heterocycles.